The van der Waals surface area contributed by atoms with Crippen LogP contribution in [0, 0.1) is 0 Å². The van der Waals surface area contributed by atoms with E-state index in [1.54, 1.807) is 17.7 Å². The van der Waals surface area contributed by atoms with E-state index >= 15 is 0 Å². The molecular formula is C13H19BrSi. The van der Waals surface area contributed by atoms with Gasteiger partial charge in [-0.2, -0.15) is 0 Å². The highest BCUT2D eigenvalue weighted by molar-refractivity contribution is 9.10. The molecule has 1 fully saturated rings. The topological polar surface area (TPSA) is 0 Å². The molecule has 1 aromatic carbocycles. The molecular weight excluding hydrogens is 264 g/mol. The Hall–Kier alpha value is -0.0831. The Kier molecular flexibility index (Phi) is 4.03. The van der Waals surface area contributed by atoms with Crippen molar-refractivity contribution >= 4 is 24.7 Å². The minimum atomic E-state index is -0.286. The Bertz CT molecular complexity index is 299. The van der Waals surface area contributed by atoms with Gasteiger partial charge in [0.2, 0.25) is 0 Å². The van der Waals surface area contributed by atoms with E-state index in [0.29, 0.717) is 0 Å². The van der Waals surface area contributed by atoms with E-state index < -0.39 is 0 Å². The second-order valence-electron chi connectivity index (χ2n) is 4.68. The van der Waals surface area contributed by atoms with Crippen LogP contribution < -0.4 is 0 Å². The van der Waals surface area contributed by atoms with Gasteiger partial charge in [-0.15, -0.1) is 0 Å². The first kappa shape index (κ1) is 11.4. The molecule has 0 aromatic heterocycles. The van der Waals surface area contributed by atoms with Crippen LogP contribution in [0.5, 0.6) is 0 Å². The van der Waals surface area contributed by atoms with E-state index in [2.05, 4.69) is 47.1 Å². The smallest absolute Gasteiger partial charge is 0.0365 e. The second kappa shape index (κ2) is 5.31. The molecule has 0 N–H and O–H groups in total. The summed E-state index contributed by atoms with van der Waals surface area (Å²) < 4.78 is 1.20. The van der Waals surface area contributed by atoms with Crippen molar-refractivity contribution in [2.24, 2.45) is 0 Å². The molecule has 0 amide bonds. The summed E-state index contributed by atoms with van der Waals surface area (Å²) >= 11 is 3.50. The largest absolute Gasteiger partial charge is 0.0680 e. The van der Waals surface area contributed by atoms with E-state index in [4.69, 9.17) is 0 Å². The summed E-state index contributed by atoms with van der Waals surface area (Å²) in [5.41, 5.74) is 1.56. The van der Waals surface area contributed by atoms with Crippen molar-refractivity contribution in [3.8, 4) is 0 Å². The lowest BCUT2D eigenvalue weighted by molar-refractivity contribution is 0.607. The lowest BCUT2D eigenvalue weighted by Crippen LogP contribution is -2.19. The van der Waals surface area contributed by atoms with Crippen LogP contribution in [0.4, 0.5) is 0 Å². The van der Waals surface area contributed by atoms with Gasteiger partial charge < -0.3 is 0 Å². The third-order valence-electron chi connectivity index (χ3n) is 3.77. The molecule has 0 saturated carbocycles. The first-order valence-corrected chi connectivity index (χ1v) is 9.29. The van der Waals surface area contributed by atoms with Gasteiger partial charge in [0.25, 0.3) is 0 Å². The molecule has 0 radical (unpaired) electrons. The molecule has 0 spiro atoms. The van der Waals surface area contributed by atoms with Crippen LogP contribution in [0.15, 0.2) is 28.7 Å². The molecule has 0 bridgehead atoms. The van der Waals surface area contributed by atoms with E-state index in [1.165, 1.54) is 23.4 Å². The Morgan fingerprint density at radius 3 is 2.33 bits per heavy atom. The van der Waals surface area contributed by atoms with Crippen LogP contribution >= 0.6 is 15.9 Å². The summed E-state index contributed by atoms with van der Waals surface area (Å²) in [6.45, 7) is 2.39. The van der Waals surface area contributed by atoms with Crippen molar-refractivity contribution in [2.45, 2.75) is 43.8 Å². The summed E-state index contributed by atoms with van der Waals surface area (Å²) in [6, 6.07) is 13.6. The zero-order chi connectivity index (χ0) is 10.7. The van der Waals surface area contributed by atoms with Gasteiger partial charge in [-0.1, -0.05) is 53.1 Å². The molecule has 1 aliphatic rings. The molecule has 1 heterocycles. The van der Waals surface area contributed by atoms with E-state index in [0.717, 1.165) is 5.92 Å². The fourth-order valence-electron chi connectivity index (χ4n) is 2.64. The third kappa shape index (κ3) is 2.94. The molecule has 2 rings (SSSR count). The van der Waals surface area contributed by atoms with Crippen LogP contribution in [0.3, 0.4) is 0 Å². The van der Waals surface area contributed by atoms with Crippen molar-refractivity contribution in [2.75, 3.05) is 0 Å². The maximum absolute atomic E-state index is 3.50. The third-order valence-corrected chi connectivity index (χ3v) is 7.75. The first-order chi connectivity index (χ1) is 7.29. The van der Waals surface area contributed by atoms with Crippen LogP contribution in [-0.4, -0.2) is 8.80 Å². The lowest BCUT2D eigenvalue weighted by Gasteiger charge is -2.27. The number of hydrogen-bond acceptors (Lipinski definition) is 0. The van der Waals surface area contributed by atoms with Gasteiger partial charge in [-0.25, -0.2) is 0 Å². The Morgan fingerprint density at radius 2 is 1.80 bits per heavy atom. The van der Waals surface area contributed by atoms with Crippen LogP contribution in [0.2, 0.25) is 18.1 Å². The molecule has 2 heteroatoms. The zero-order valence-electron chi connectivity index (χ0n) is 9.38. The van der Waals surface area contributed by atoms with E-state index in [1.807, 2.05) is 0 Å². The molecule has 1 aromatic rings. The van der Waals surface area contributed by atoms with Gasteiger partial charge in [-0.05, 0) is 36.5 Å². The van der Waals surface area contributed by atoms with E-state index in [9.17, 15) is 0 Å². The van der Waals surface area contributed by atoms with Gasteiger partial charge in [0.1, 0.15) is 0 Å². The fraction of sp³-hybridized carbons (Fsp3) is 0.538. The molecule has 0 unspecified atom stereocenters. The normalized spacial score (nSPS) is 26.5. The quantitative estimate of drug-likeness (QED) is 0.697. The summed E-state index contributed by atoms with van der Waals surface area (Å²) in [7, 11) is -0.286. The van der Waals surface area contributed by atoms with Gasteiger partial charge in [0.15, 0.2) is 0 Å². The van der Waals surface area contributed by atoms with Crippen molar-refractivity contribution in [1.82, 2.24) is 0 Å². The average Bonchev–Trinajstić information content (AvgIpc) is 2.30. The van der Waals surface area contributed by atoms with Gasteiger partial charge >= 0.3 is 0 Å². The standard InChI is InChI=1S/C13H19BrSi/c1-2-15-9-7-12(8-10-15)11-3-5-13(14)6-4-11/h3-6,12,15H,2,7-10H2,1H3. The molecule has 0 nitrogen and oxygen atoms in total. The highest BCUT2D eigenvalue weighted by Gasteiger charge is 2.21. The molecule has 1 saturated heterocycles. The number of rotatable bonds is 2. The van der Waals surface area contributed by atoms with Gasteiger partial charge in [-0.3, -0.25) is 0 Å². The van der Waals surface area contributed by atoms with Crippen LogP contribution in [0.25, 0.3) is 0 Å². The second-order valence-corrected chi connectivity index (χ2v) is 9.30. The molecule has 82 valence electrons. The zero-order valence-corrected chi connectivity index (χ0v) is 12.1. The maximum Gasteiger partial charge on any atom is 0.0365 e. The number of hydrogen-bond donors (Lipinski definition) is 0. The fourth-order valence-corrected chi connectivity index (χ4v) is 5.76. The number of halogens is 1. The molecule has 0 atom stereocenters. The molecule has 0 aliphatic carbocycles. The Labute approximate surface area is 103 Å². The van der Waals surface area contributed by atoms with Crippen molar-refractivity contribution < 1.29 is 0 Å². The first-order valence-electron chi connectivity index (χ1n) is 6.05. The summed E-state index contributed by atoms with van der Waals surface area (Å²) in [5, 5.41) is 0. The molecule has 15 heavy (non-hydrogen) atoms. The number of benzene rings is 1. The SMILES string of the molecule is CC[SiH]1CCC(c2ccc(Br)cc2)CC1. The average molecular weight is 283 g/mol. The Morgan fingerprint density at radius 1 is 1.20 bits per heavy atom. The minimum Gasteiger partial charge on any atom is -0.0680 e. The predicted molar refractivity (Wildman–Crippen MR) is 73.4 cm³/mol. The van der Waals surface area contributed by atoms with Crippen molar-refractivity contribution in [1.29, 1.82) is 0 Å². The summed E-state index contributed by atoms with van der Waals surface area (Å²) in [4.78, 5) is 0. The van der Waals surface area contributed by atoms with Gasteiger partial charge in [0.05, 0.1) is 0 Å². The highest BCUT2D eigenvalue weighted by Crippen LogP contribution is 2.34. The van der Waals surface area contributed by atoms with Crippen LogP contribution in [-0.2, 0) is 0 Å². The van der Waals surface area contributed by atoms with Gasteiger partial charge in [0, 0.05) is 13.3 Å². The van der Waals surface area contributed by atoms with E-state index in [-0.39, 0.29) is 8.80 Å². The molecule has 1 aliphatic heterocycles. The minimum absolute atomic E-state index is 0.286. The summed E-state index contributed by atoms with van der Waals surface area (Å²) in [6.07, 6.45) is 2.90. The van der Waals surface area contributed by atoms with Crippen molar-refractivity contribution in [3.63, 3.8) is 0 Å². The Balaban J connectivity index is 1.98. The monoisotopic (exact) mass is 282 g/mol. The predicted octanol–water partition coefficient (Wildman–Crippen LogP) is 4.57. The summed E-state index contributed by atoms with van der Waals surface area (Å²) in [5.74, 6) is 0.855. The highest BCUT2D eigenvalue weighted by atomic mass is 79.9. The maximum atomic E-state index is 3.50. The lowest BCUT2D eigenvalue weighted by atomic mass is 9.94. The van der Waals surface area contributed by atoms with Crippen molar-refractivity contribution in [3.05, 3.63) is 34.3 Å². The van der Waals surface area contributed by atoms with Crippen LogP contribution in [0.1, 0.15) is 31.2 Å².